The smallest absolute Gasteiger partial charge is 0.0951 e. The lowest BCUT2D eigenvalue weighted by Crippen LogP contribution is -2.43. The van der Waals surface area contributed by atoms with Gasteiger partial charge < -0.3 is 15.2 Å². The van der Waals surface area contributed by atoms with Gasteiger partial charge in [0.25, 0.3) is 0 Å². The third-order valence-electron chi connectivity index (χ3n) is 4.22. The van der Waals surface area contributed by atoms with Crippen molar-refractivity contribution in [3.05, 3.63) is 18.2 Å². The van der Waals surface area contributed by atoms with Gasteiger partial charge in [0.15, 0.2) is 0 Å². The Morgan fingerprint density at radius 2 is 2.20 bits per heavy atom. The highest BCUT2D eigenvalue weighted by atomic mass is 15.3. The predicted octanol–water partition coefficient (Wildman–Crippen LogP) is 1.49. The molecule has 0 spiro atoms. The van der Waals surface area contributed by atoms with Gasteiger partial charge in [0.1, 0.15) is 0 Å². The first-order chi connectivity index (χ1) is 9.54. The third-order valence-corrected chi connectivity index (χ3v) is 4.22. The Morgan fingerprint density at radius 3 is 2.80 bits per heavy atom. The molecule has 114 valence electrons. The number of hydrogen-bond donors (Lipinski definition) is 1. The molecule has 2 heterocycles. The van der Waals surface area contributed by atoms with E-state index in [1.807, 2.05) is 12.5 Å². The molecule has 2 atom stereocenters. The van der Waals surface area contributed by atoms with Gasteiger partial charge in [-0.05, 0) is 47.3 Å². The fourth-order valence-electron chi connectivity index (χ4n) is 3.32. The number of likely N-dealkylation sites (tertiary alicyclic amines) is 1. The normalized spacial score (nSPS) is 22.1. The molecule has 2 unspecified atom stereocenters. The molecule has 1 saturated heterocycles. The summed E-state index contributed by atoms with van der Waals surface area (Å²) in [7, 11) is 4.29. The first-order valence-electron chi connectivity index (χ1n) is 7.66. The average molecular weight is 279 g/mol. The van der Waals surface area contributed by atoms with Crippen LogP contribution in [0.25, 0.3) is 0 Å². The van der Waals surface area contributed by atoms with Crippen LogP contribution in [0.3, 0.4) is 0 Å². The fraction of sp³-hybridized carbons (Fsp3) is 0.800. The van der Waals surface area contributed by atoms with Crippen LogP contribution in [-0.2, 0) is 0 Å². The van der Waals surface area contributed by atoms with E-state index in [0.29, 0.717) is 18.6 Å². The van der Waals surface area contributed by atoms with Gasteiger partial charge in [0.2, 0.25) is 0 Å². The lowest BCUT2D eigenvalue weighted by atomic mass is 10.1. The van der Waals surface area contributed by atoms with Crippen LogP contribution in [0.15, 0.2) is 12.5 Å². The first-order valence-corrected chi connectivity index (χ1v) is 7.66. The Hall–Kier alpha value is -0.910. The number of rotatable bonds is 6. The molecule has 1 aliphatic heterocycles. The molecule has 0 saturated carbocycles. The van der Waals surface area contributed by atoms with Crippen molar-refractivity contribution in [3.8, 4) is 0 Å². The Bertz CT molecular complexity index is 412. The molecule has 5 heteroatoms. The van der Waals surface area contributed by atoms with E-state index in [1.54, 1.807) is 0 Å². The standard InChI is InChI=1S/C15H29N5/c1-12(2)20-11-17-9-15(20)14(8-16)19-7-5-6-13(19)10-18(3)4/h9,11-14H,5-8,10,16H2,1-4H3. The number of hydrogen-bond acceptors (Lipinski definition) is 4. The van der Waals surface area contributed by atoms with Gasteiger partial charge in [-0.15, -0.1) is 0 Å². The van der Waals surface area contributed by atoms with E-state index in [2.05, 4.69) is 47.3 Å². The number of nitrogens with two attached hydrogens (primary N) is 1. The van der Waals surface area contributed by atoms with E-state index in [1.165, 1.54) is 18.5 Å². The maximum absolute atomic E-state index is 6.11. The zero-order chi connectivity index (χ0) is 14.7. The van der Waals surface area contributed by atoms with Gasteiger partial charge >= 0.3 is 0 Å². The van der Waals surface area contributed by atoms with Crippen LogP contribution >= 0.6 is 0 Å². The number of likely N-dealkylation sites (N-methyl/N-ethyl adjacent to an activating group) is 1. The predicted molar refractivity (Wildman–Crippen MR) is 82.7 cm³/mol. The van der Waals surface area contributed by atoms with E-state index in [4.69, 9.17) is 5.73 Å². The third kappa shape index (κ3) is 3.22. The maximum Gasteiger partial charge on any atom is 0.0951 e. The Labute approximate surface area is 122 Å². The number of aromatic nitrogens is 2. The summed E-state index contributed by atoms with van der Waals surface area (Å²) in [4.78, 5) is 9.19. The molecular formula is C15H29N5. The van der Waals surface area contributed by atoms with Gasteiger partial charge in [-0.25, -0.2) is 4.98 Å². The largest absolute Gasteiger partial charge is 0.331 e. The second-order valence-corrected chi connectivity index (χ2v) is 6.37. The minimum atomic E-state index is 0.285. The summed E-state index contributed by atoms with van der Waals surface area (Å²) in [6.45, 7) is 7.29. The molecule has 1 aromatic heterocycles. The van der Waals surface area contributed by atoms with E-state index >= 15 is 0 Å². The van der Waals surface area contributed by atoms with Crippen molar-refractivity contribution < 1.29 is 0 Å². The molecule has 0 aliphatic carbocycles. The molecule has 0 amide bonds. The molecule has 0 radical (unpaired) electrons. The lowest BCUT2D eigenvalue weighted by Gasteiger charge is -2.34. The molecule has 1 aromatic rings. The van der Waals surface area contributed by atoms with Crippen LogP contribution in [0.4, 0.5) is 0 Å². The number of nitrogens with zero attached hydrogens (tertiary/aromatic N) is 4. The summed E-state index contributed by atoms with van der Waals surface area (Å²) in [6.07, 6.45) is 6.46. The summed E-state index contributed by atoms with van der Waals surface area (Å²) >= 11 is 0. The molecule has 0 bridgehead atoms. The summed E-state index contributed by atoms with van der Waals surface area (Å²) in [5.41, 5.74) is 7.37. The molecule has 20 heavy (non-hydrogen) atoms. The van der Waals surface area contributed by atoms with Crippen molar-refractivity contribution in [2.75, 3.05) is 33.7 Å². The Morgan fingerprint density at radius 1 is 1.45 bits per heavy atom. The van der Waals surface area contributed by atoms with Gasteiger partial charge in [-0.3, -0.25) is 4.90 Å². The lowest BCUT2D eigenvalue weighted by molar-refractivity contribution is 0.150. The van der Waals surface area contributed by atoms with E-state index < -0.39 is 0 Å². The van der Waals surface area contributed by atoms with Crippen LogP contribution in [0.5, 0.6) is 0 Å². The van der Waals surface area contributed by atoms with Crippen molar-refractivity contribution >= 4 is 0 Å². The highest BCUT2D eigenvalue weighted by Gasteiger charge is 2.32. The quantitative estimate of drug-likeness (QED) is 0.857. The maximum atomic E-state index is 6.11. The van der Waals surface area contributed by atoms with Gasteiger partial charge in [0, 0.05) is 31.4 Å². The molecule has 0 aromatic carbocycles. The fourth-order valence-corrected chi connectivity index (χ4v) is 3.32. The van der Waals surface area contributed by atoms with Crippen molar-refractivity contribution in [2.45, 2.75) is 44.8 Å². The highest BCUT2D eigenvalue weighted by Crippen LogP contribution is 2.30. The Balaban J connectivity index is 2.20. The van der Waals surface area contributed by atoms with Crippen molar-refractivity contribution in [1.82, 2.24) is 19.4 Å². The molecule has 1 aliphatic rings. The van der Waals surface area contributed by atoms with Crippen LogP contribution in [-0.4, -0.2) is 59.1 Å². The van der Waals surface area contributed by atoms with Crippen molar-refractivity contribution in [3.63, 3.8) is 0 Å². The first kappa shape index (κ1) is 15.5. The zero-order valence-electron chi connectivity index (χ0n) is 13.3. The van der Waals surface area contributed by atoms with Crippen molar-refractivity contribution in [2.24, 2.45) is 5.73 Å². The SMILES string of the molecule is CC(C)n1cncc1C(CN)N1CCCC1CN(C)C. The second kappa shape index (κ2) is 6.70. The van der Waals surface area contributed by atoms with E-state index in [0.717, 1.165) is 13.1 Å². The van der Waals surface area contributed by atoms with Crippen LogP contribution in [0.2, 0.25) is 0 Å². The molecule has 2 rings (SSSR count). The topological polar surface area (TPSA) is 50.3 Å². The van der Waals surface area contributed by atoms with E-state index in [9.17, 15) is 0 Å². The molecule has 5 nitrogen and oxygen atoms in total. The minimum Gasteiger partial charge on any atom is -0.331 e. The Kier molecular flexibility index (Phi) is 5.18. The summed E-state index contributed by atoms with van der Waals surface area (Å²) < 4.78 is 2.25. The van der Waals surface area contributed by atoms with Gasteiger partial charge in [-0.1, -0.05) is 0 Å². The van der Waals surface area contributed by atoms with E-state index in [-0.39, 0.29) is 6.04 Å². The van der Waals surface area contributed by atoms with Crippen molar-refractivity contribution in [1.29, 1.82) is 0 Å². The number of imidazole rings is 1. The minimum absolute atomic E-state index is 0.285. The second-order valence-electron chi connectivity index (χ2n) is 6.37. The van der Waals surface area contributed by atoms with Gasteiger partial charge in [0.05, 0.1) is 18.1 Å². The summed E-state index contributed by atoms with van der Waals surface area (Å²) in [5.74, 6) is 0. The van der Waals surface area contributed by atoms with Gasteiger partial charge in [-0.2, -0.15) is 0 Å². The van der Waals surface area contributed by atoms with Crippen LogP contribution < -0.4 is 5.73 Å². The molecular weight excluding hydrogens is 250 g/mol. The summed E-state index contributed by atoms with van der Waals surface area (Å²) in [5, 5.41) is 0. The zero-order valence-corrected chi connectivity index (χ0v) is 13.3. The molecule has 2 N–H and O–H groups in total. The van der Waals surface area contributed by atoms with Crippen LogP contribution in [0.1, 0.15) is 44.5 Å². The monoisotopic (exact) mass is 279 g/mol. The van der Waals surface area contributed by atoms with Crippen LogP contribution in [0, 0.1) is 0 Å². The summed E-state index contributed by atoms with van der Waals surface area (Å²) in [6, 6.07) is 1.32. The molecule has 1 fully saturated rings. The average Bonchev–Trinajstić information content (AvgIpc) is 3.00. The highest BCUT2D eigenvalue weighted by molar-refractivity contribution is 5.09.